The first kappa shape index (κ1) is 22.9. The largest absolute Gasteiger partial charge is 0.325 e. The van der Waals surface area contributed by atoms with Gasteiger partial charge in [0.05, 0.1) is 5.75 Å². The molecule has 1 amide bonds. The van der Waals surface area contributed by atoms with Gasteiger partial charge in [0, 0.05) is 36.1 Å². The topological polar surface area (TPSA) is 117 Å². The number of hydrogen-bond donors (Lipinski definition) is 2. The van der Waals surface area contributed by atoms with Crippen molar-refractivity contribution in [2.45, 2.75) is 31.3 Å². The number of nitrogens with one attached hydrogen (secondary N) is 2. The highest BCUT2D eigenvalue weighted by atomic mass is 32.2. The van der Waals surface area contributed by atoms with E-state index in [0.29, 0.717) is 23.2 Å². The molecule has 2 aromatic carbocycles. The number of aryl methyl sites for hydroxylation is 2. The molecule has 0 aliphatic carbocycles. The number of hydrogen-bond acceptors (Lipinski definition) is 6. The highest BCUT2D eigenvalue weighted by Crippen LogP contribution is 2.29. The molecule has 1 aliphatic heterocycles. The van der Waals surface area contributed by atoms with Crippen LogP contribution in [0.1, 0.15) is 29.1 Å². The molecule has 9 nitrogen and oxygen atoms in total. The van der Waals surface area contributed by atoms with Crippen LogP contribution < -0.4 is 16.1 Å². The van der Waals surface area contributed by atoms with Crippen molar-refractivity contribution < 1.29 is 4.79 Å². The Morgan fingerprint density at radius 2 is 1.91 bits per heavy atom. The molecule has 0 atom stereocenters. The molecule has 0 saturated heterocycles. The molecule has 3 heterocycles. The van der Waals surface area contributed by atoms with E-state index in [0.717, 1.165) is 29.8 Å². The van der Waals surface area contributed by atoms with Gasteiger partial charge in [-0.3, -0.25) is 19.1 Å². The summed E-state index contributed by atoms with van der Waals surface area (Å²) in [6.45, 7) is 2.69. The molecule has 0 fully saturated rings. The normalized spacial score (nSPS) is 13.0. The Morgan fingerprint density at radius 1 is 1.06 bits per heavy atom. The zero-order chi connectivity index (χ0) is 24.4. The van der Waals surface area contributed by atoms with E-state index in [1.165, 1.54) is 23.4 Å². The minimum absolute atomic E-state index is 0.0152. The van der Waals surface area contributed by atoms with Crippen LogP contribution in [-0.4, -0.2) is 42.9 Å². The fourth-order valence-electron chi connectivity index (χ4n) is 4.32. The van der Waals surface area contributed by atoms with E-state index >= 15 is 0 Å². The molecular weight excluding hydrogens is 464 g/mol. The van der Waals surface area contributed by atoms with Gasteiger partial charge >= 0.3 is 5.69 Å². The van der Waals surface area contributed by atoms with Gasteiger partial charge in [-0.25, -0.2) is 4.79 Å². The lowest BCUT2D eigenvalue weighted by atomic mass is 10.0. The maximum Gasteiger partial charge on any atom is 0.325 e. The molecule has 2 aromatic heterocycles. The standard InChI is InChI=1S/C25H24N6O3S/c1-16-6-4-9-19(12-16)31-21(13-18-14-22(32)27-24(34)26-18)28-29-25(31)35-15-23(33)30-11-5-8-17-7-2-3-10-20(17)30/h2-4,6-7,9-10,12,14H,5,8,11,13,15H2,1H3,(H2,26,27,32,34). The first-order valence-electron chi connectivity index (χ1n) is 11.3. The average Bonchev–Trinajstić information content (AvgIpc) is 3.23. The number of nitrogens with zero attached hydrogens (tertiary/aromatic N) is 4. The number of rotatable bonds is 6. The molecule has 0 bridgehead atoms. The number of para-hydroxylation sites is 1. The first-order chi connectivity index (χ1) is 17.0. The van der Waals surface area contributed by atoms with Crippen molar-refractivity contribution in [2.75, 3.05) is 17.2 Å². The summed E-state index contributed by atoms with van der Waals surface area (Å²) in [7, 11) is 0. The maximum atomic E-state index is 13.2. The third kappa shape index (κ3) is 4.97. The van der Waals surface area contributed by atoms with Crippen LogP contribution in [0.25, 0.3) is 5.69 Å². The van der Waals surface area contributed by atoms with Crippen molar-refractivity contribution in [3.8, 4) is 5.69 Å². The summed E-state index contributed by atoms with van der Waals surface area (Å²) in [6.07, 6.45) is 2.11. The van der Waals surface area contributed by atoms with Crippen LogP contribution in [0.4, 0.5) is 5.69 Å². The number of carbonyl (C=O) groups is 1. The van der Waals surface area contributed by atoms with Crippen LogP contribution in [0.2, 0.25) is 0 Å². The maximum absolute atomic E-state index is 13.2. The molecule has 0 saturated carbocycles. The molecular formula is C25H24N6O3S. The number of anilines is 1. The summed E-state index contributed by atoms with van der Waals surface area (Å²) in [5, 5.41) is 9.25. The Bertz CT molecular complexity index is 1480. The highest BCUT2D eigenvalue weighted by Gasteiger charge is 2.24. The number of H-pyrrole nitrogens is 2. The van der Waals surface area contributed by atoms with E-state index in [-0.39, 0.29) is 18.1 Å². The van der Waals surface area contributed by atoms with Gasteiger partial charge in [-0.05, 0) is 49.1 Å². The Balaban J connectivity index is 1.43. The van der Waals surface area contributed by atoms with E-state index in [4.69, 9.17) is 0 Å². The van der Waals surface area contributed by atoms with E-state index < -0.39 is 11.2 Å². The third-order valence-corrected chi connectivity index (χ3v) is 6.77. The molecule has 0 unspecified atom stereocenters. The Hall–Kier alpha value is -3.92. The molecule has 35 heavy (non-hydrogen) atoms. The minimum Gasteiger partial charge on any atom is -0.311 e. The van der Waals surface area contributed by atoms with Crippen LogP contribution in [0.5, 0.6) is 0 Å². The molecule has 178 valence electrons. The predicted octanol–water partition coefficient (Wildman–Crippen LogP) is 2.61. The fourth-order valence-corrected chi connectivity index (χ4v) is 5.16. The number of carbonyl (C=O) groups excluding carboxylic acids is 1. The van der Waals surface area contributed by atoms with Gasteiger partial charge in [0.1, 0.15) is 5.82 Å². The van der Waals surface area contributed by atoms with Crippen LogP contribution in [0, 0.1) is 6.92 Å². The second-order valence-electron chi connectivity index (χ2n) is 8.43. The van der Waals surface area contributed by atoms with Gasteiger partial charge in [-0.1, -0.05) is 42.1 Å². The zero-order valence-corrected chi connectivity index (χ0v) is 20.0. The summed E-state index contributed by atoms with van der Waals surface area (Å²) in [5.41, 5.74) is 3.44. The number of thioether (sulfide) groups is 1. The highest BCUT2D eigenvalue weighted by molar-refractivity contribution is 7.99. The number of aromatic amines is 2. The quantitative estimate of drug-likeness (QED) is 0.403. The van der Waals surface area contributed by atoms with Crippen LogP contribution >= 0.6 is 11.8 Å². The van der Waals surface area contributed by atoms with E-state index in [1.54, 1.807) is 0 Å². The summed E-state index contributed by atoms with van der Waals surface area (Å²) in [4.78, 5) is 43.3. The van der Waals surface area contributed by atoms with E-state index in [9.17, 15) is 14.4 Å². The second kappa shape index (κ2) is 9.75. The summed E-state index contributed by atoms with van der Waals surface area (Å²) in [6, 6.07) is 17.2. The molecule has 2 N–H and O–H groups in total. The summed E-state index contributed by atoms with van der Waals surface area (Å²) in [5.74, 6) is 0.775. The van der Waals surface area contributed by atoms with Gasteiger partial charge in [-0.15, -0.1) is 10.2 Å². The van der Waals surface area contributed by atoms with E-state index in [1.807, 2.05) is 58.9 Å². The van der Waals surface area contributed by atoms with Crippen molar-refractivity contribution in [1.82, 2.24) is 24.7 Å². The lowest BCUT2D eigenvalue weighted by Gasteiger charge is -2.29. The van der Waals surface area contributed by atoms with Crippen molar-refractivity contribution in [1.29, 1.82) is 0 Å². The van der Waals surface area contributed by atoms with Gasteiger partial charge in [-0.2, -0.15) is 0 Å². The van der Waals surface area contributed by atoms with Gasteiger partial charge in [0.25, 0.3) is 5.56 Å². The van der Waals surface area contributed by atoms with Crippen LogP contribution in [0.15, 0.2) is 69.3 Å². The summed E-state index contributed by atoms with van der Waals surface area (Å²) < 4.78 is 1.87. The third-order valence-electron chi connectivity index (χ3n) is 5.86. The Kier molecular flexibility index (Phi) is 6.37. The van der Waals surface area contributed by atoms with Gasteiger partial charge in [0.2, 0.25) is 5.91 Å². The number of fused-ring (bicyclic) bond motifs is 1. The lowest BCUT2D eigenvalue weighted by molar-refractivity contribution is -0.116. The monoisotopic (exact) mass is 488 g/mol. The number of amides is 1. The van der Waals surface area contributed by atoms with Crippen LogP contribution in [-0.2, 0) is 17.6 Å². The summed E-state index contributed by atoms with van der Waals surface area (Å²) >= 11 is 1.32. The van der Waals surface area contributed by atoms with Crippen molar-refractivity contribution >= 4 is 23.4 Å². The van der Waals surface area contributed by atoms with Crippen molar-refractivity contribution in [2.24, 2.45) is 0 Å². The number of aromatic nitrogens is 5. The van der Waals surface area contributed by atoms with E-state index in [2.05, 4.69) is 26.2 Å². The number of benzene rings is 2. The zero-order valence-electron chi connectivity index (χ0n) is 19.2. The smallest absolute Gasteiger partial charge is 0.311 e. The van der Waals surface area contributed by atoms with Gasteiger partial charge < -0.3 is 9.88 Å². The van der Waals surface area contributed by atoms with Gasteiger partial charge in [0.15, 0.2) is 5.16 Å². The van der Waals surface area contributed by atoms with Crippen molar-refractivity contribution in [3.05, 3.63) is 98.1 Å². The Morgan fingerprint density at radius 3 is 2.74 bits per heavy atom. The Labute approximate surface area is 205 Å². The van der Waals surface area contributed by atoms with Crippen molar-refractivity contribution in [3.63, 3.8) is 0 Å². The molecule has 0 spiro atoms. The average molecular weight is 489 g/mol. The molecule has 10 heteroatoms. The molecule has 4 aromatic rings. The molecule has 1 aliphatic rings. The predicted molar refractivity (Wildman–Crippen MR) is 134 cm³/mol. The second-order valence-corrected chi connectivity index (χ2v) is 9.37. The first-order valence-corrected chi connectivity index (χ1v) is 12.3. The lowest BCUT2D eigenvalue weighted by Crippen LogP contribution is -2.36. The van der Waals surface area contributed by atoms with Crippen LogP contribution in [0.3, 0.4) is 0 Å². The molecule has 5 rings (SSSR count). The fraction of sp³-hybridized carbons (Fsp3) is 0.240. The minimum atomic E-state index is -0.573. The SMILES string of the molecule is Cc1cccc(-n2c(Cc3cc(=O)[nH]c(=O)[nH]3)nnc2SCC(=O)N2CCCc3ccccc32)c1. The molecule has 0 radical (unpaired) electrons.